The monoisotopic (exact) mass is 230 g/mol. The molecule has 0 aromatic rings. The summed E-state index contributed by atoms with van der Waals surface area (Å²) in [6.45, 7) is 3.59. The Morgan fingerprint density at radius 3 is 2.67 bits per heavy atom. The molecule has 1 aliphatic carbocycles. The molecular formula is C10H18N2O2S. The zero-order chi connectivity index (χ0) is 10.7. The lowest BCUT2D eigenvalue weighted by molar-refractivity contribution is 0.0532. The molecule has 0 bridgehead atoms. The quantitative estimate of drug-likeness (QED) is 0.784. The fourth-order valence-electron chi connectivity index (χ4n) is 1.71. The van der Waals surface area contributed by atoms with E-state index in [0.29, 0.717) is 18.0 Å². The number of nitrogens with zero attached hydrogens (tertiary/aromatic N) is 1. The van der Waals surface area contributed by atoms with Gasteiger partial charge in [0.25, 0.3) is 0 Å². The van der Waals surface area contributed by atoms with Crippen LogP contribution in [0.25, 0.3) is 0 Å². The Balaban J connectivity index is 1.72. The van der Waals surface area contributed by atoms with Crippen LogP contribution in [0.15, 0.2) is 0 Å². The minimum atomic E-state index is 0.0682. The van der Waals surface area contributed by atoms with Gasteiger partial charge in [-0.2, -0.15) is 11.8 Å². The molecule has 1 saturated heterocycles. The van der Waals surface area contributed by atoms with Gasteiger partial charge in [0.15, 0.2) is 0 Å². The number of urea groups is 1. The number of thioether (sulfide) groups is 1. The first-order valence-electron chi connectivity index (χ1n) is 5.41. The van der Waals surface area contributed by atoms with Gasteiger partial charge in [-0.25, -0.2) is 4.79 Å². The molecule has 1 N–H and O–H groups in total. The van der Waals surface area contributed by atoms with E-state index in [4.69, 9.17) is 4.74 Å². The number of ether oxygens (including phenoxy) is 1. The fourth-order valence-corrected chi connectivity index (χ4v) is 2.43. The molecule has 4 nitrogen and oxygen atoms in total. The second-order valence-electron chi connectivity index (χ2n) is 4.15. The van der Waals surface area contributed by atoms with Gasteiger partial charge in [-0.15, -0.1) is 0 Å². The SMILES string of the molecule is CSC1(CNC(=O)N2CCOCC2)CC1. The Labute approximate surface area is 94.7 Å². The van der Waals surface area contributed by atoms with Gasteiger partial charge in [0, 0.05) is 24.4 Å². The molecule has 86 valence electrons. The number of nitrogens with one attached hydrogen (secondary N) is 1. The van der Waals surface area contributed by atoms with Gasteiger partial charge < -0.3 is 15.0 Å². The first-order chi connectivity index (χ1) is 7.26. The number of hydrogen-bond acceptors (Lipinski definition) is 3. The lowest BCUT2D eigenvalue weighted by Gasteiger charge is -2.27. The average Bonchev–Trinajstić information content (AvgIpc) is 3.08. The maximum atomic E-state index is 11.7. The van der Waals surface area contributed by atoms with Crippen LogP contribution in [0, 0.1) is 0 Å². The van der Waals surface area contributed by atoms with Gasteiger partial charge in [0.1, 0.15) is 0 Å². The number of rotatable bonds is 3. The molecule has 2 rings (SSSR count). The van der Waals surface area contributed by atoms with Crippen molar-refractivity contribution in [2.75, 3.05) is 39.1 Å². The van der Waals surface area contributed by atoms with Crippen molar-refractivity contribution in [3.8, 4) is 0 Å². The highest BCUT2D eigenvalue weighted by molar-refractivity contribution is 8.00. The summed E-state index contributed by atoms with van der Waals surface area (Å²) in [6, 6.07) is 0.0682. The number of carbonyl (C=O) groups is 1. The Bertz CT molecular complexity index is 238. The Morgan fingerprint density at radius 1 is 1.47 bits per heavy atom. The molecule has 5 heteroatoms. The lowest BCUT2D eigenvalue weighted by atomic mass is 10.4. The van der Waals surface area contributed by atoms with Crippen LogP contribution >= 0.6 is 11.8 Å². The van der Waals surface area contributed by atoms with E-state index in [1.165, 1.54) is 12.8 Å². The topological polar surface area (TPSA) is 41.6 Å². The molecule has 2 amide bonds. The van der Waals surface area contributed by atoms with Crippen molar-refractivity contribution < 1.29 is 9.53 Å². The maximum Gasteiger partial charge on any atom is 0.317 e. The van der Waals surface area contributed by atoms with Crippen LogP contribution in [0.3, 0.4) is 0 Å². The van der Waals surface area contributed by atoms with E-state index in [0.717, 1.165) is 19.6 Å². The lowest BCUT2D eigenvalue weighted by Crippen LogP contribution is -2.47. The summed E-state index contributed by atoms with van der Waals surface area (Å²) in [6.07, 6.45) is 4.59. The molecule has 0 atom stereocenters. The first kappa shape index (κ1) is 11.1. The van der Waals surface area contributed by atoms with E-state index in [-0.39, 0.29) is 6.03 Å². The minimum absolute atomic E-state index is 0.0682. The van der Waals surface area contributed by atoms with Gasteiger partial charge >= 0.3 is 6.03 Å². The van der Waals surface area contributed by atoms with Crippen LogP contribution in [0.4, 0.5) is 4.79 Å². The van der Waals surface area contributed by atoms with Gasteiger partial charge in [-0.05, 0) is 19.1 Å². The standard InChI is InChI=1S/C10H18N2O2S/c1-15-10(2-3-10)8-11-9(13)12-4-6-14-7-5-12/h2-8H2,1H3,(H,11,13). The number of amides is 2. The van der Waals surface area contributed by atoms with E-state index >= 15 is 0 Å². The van der Waals surface area contributed by atoms with Crippen molar-refractivity contribution in [1.82, 2.24) is 10.2 Å². The third kappa shape index (κ3) is 2.78. The van der Waals surface area contributed by atoms with Crippen LogP contribution < -0.4 is 5.32 Å². The Morgan fingerprint density at radius 2 is 2.13 bits per heavy atom. The van der Waals surface area contributed by atoms with E-state index in [2.05, 4.69) is 11.6 Å². The second kappa shape index (κ2) is 4.61. The van der Waals surface area contributed by atoms with Crippen molar-refractivity contribution in [2.45, 2.75) is 17.6 Å². The highest BCUT2D eigenvalue weighted by Crippen LogP contribution is 2.46. The third-order valence-corrected chi connectivity index (χ3v) is 4.52. The van der Waals surface area contributed by atoms with E-state index in [1.807, 2.05) is 16.7 Å². The molecule has 2 aliphatic rings. The Hall–Kier alpha value is -0.420. The molecule has 0 radical (unpaired) electrons. The number of carbonyl (C=O) groups excluding carboxylic acids is 1. The van der Waals surface area contributed by atoms with Crippen LogP contribution in [0.5, 0.6) is 0 Å². The maximum absolute atomic E-state index is 11.7. The predicted octanol–water partition coefficient (Wildman–Crippen LogP) is 0.924. The zero-order valence-electron chi connectivity index (χ0n) is 9.12. The summed E-state index contributed by atoms with van der Waals surface area (Å²) >= 11 is 1.87. The smallest absolute Gasteiger partial charge is 0.317 e. The average molecular weight is 230 g/mol. The summed E-state index contributed by atoms with van der Waals surface area (Å²) in [5.74, 6) is 0. The summed E-state index contributed by atoms with van der Waals surface area (Å²) < 4.78 is 5.55. The van der Waals surface area contributed by atoms with E-state index in [9.17, 15) is 4.79 Å². The van der Waals surface area contributed by atoms with Crippen LogP contribution in [-0.2, 0) is 4.74 Å². The van der Waals surface area contributed by atoms with Crippen molar-refractivity contribution in [1.29, 1.82) is 0 Å². The molecule has 0 spiro atoms. The number of hydrogen-bond donors (Lipinski definition) is 1. The molecule has 0 unspecified atom stereocenters. The number of morpholine rings is 1. The van der Waals surface area contributed by atoms with Crippen molar-refractivity contribution in [3.05, 3.63) is 0 Å². The van der Waals surface area contributed by atoms with Gasteiger partial charge in [0.2, 0.25) is 0 Å². The van der Waals surface area contributed by atoms with E-state index < -0.39 is 0 Å². The summed E-state index contributed by atoms with van der Waals surface area (Å²) in [7, 11) is 0. The molecule has 1 saturated carbocycles. The Kier molecular flexibility index (Phi) is 3.41. The minimum Gasteiger partial charge on any atom is -0.378 e. The molecule has 0 aromatic heterocycles. The highest BCUT2D eigenvalue weighted by atomic mass is 32.2. The summed E-state index contributed by atoms with van der Waals surface area (Å²) in [5, 5.41) is 3.02. The molecule has 0 aromatic carbocycles. The van der Waals surface area contributed by atoms with Crippen LogP contribution in [0.2, 0.25) is 0 Å². The highest BCUT2D eigenvalue weighted by Gasteiger charge is 2.42. The molecule has 2 fully saturated rings. The van der Waals surface area contributed by atoms with Gasteiger partial charge in [0.05, 0.1) is 13.2 Å². The normalized spacial score (nSPS) is 23.7. The van der Waals surface area contributed by atoms with E-state index in [1.54, 1.807) is 0 Å². The molecular weight excluding hydrogens is 212 g/mol. The van der Waals surface area contributed by atoms with Crippen molar-refractivity contribution >= 4 is 17.8 Å². The fraction of sp³-hybridized carbons (Fsp3) is 0.900. The molecule has 1 heterocycles. The summed E-state index contributed by atoms with van der Waals surface area (Å²) in [4.78, 5) is 13.6. The first-order valence-corrected chi connectivity index (χ1v) is 6.64. The van der Waals surface area contributed by atoms with Gasteiger partial charge in [-0.1, -0.05) is 0 Å². The zero-order valence-corrected chi connectivity index (χ0v) is 9.94. The third-order valence-electron chi connectivity index (χ3n) is 3.10. The van der Waals surface area contributed by atoms with Gasteiger partial charge in [-0.3, -0.25) is 0 Å². The molecule has 1 aliphatic heterocycles. The van der Waals surface area contributed by atoms with Crippen LogP contribution in [-0.4, -0.2) is 54.8 Å². The van der Waals surface area contributed by atoms with Crippen molar-refractivity contribution in [3.63, 3.8) is 0 Å². The second-order valence-corrected chi connectivity index (χ2v) is 5.42. The largest absolute Gasteiger partial charge is 0.378 e. The predicted molar refractivity (Wildman–Crippen MR) is 61.3 cm³/mol. The molecule has 15 heavy (non-hydrogen) atoms. The van der Waals surface area contributed by atoms with Crippen LogP contribution in [0.1, 0.15) is 12.8 Å². The summed E-state index contributed by atoms with van der Waals surface area (Å²) in [5.41, 5.74) is 0. The van der Waals surface area contributed by atoms with Crippen molar-refractivity contribution in [2.24, 2.45) is 0 Å².